The Morgan fingerprint density at radius 3 is 2.31 bits per heavy atom. The molecule has 5 heteroatoms. The highest BCUT2D eigenvalue weighted by atomic mass is 16.6. The Kier molecular flexibility index (Phi) is 4.80. The van der Waals surface area contributed by atoms with Gasteiger partial charge in [0, 0.05) is 44.7 Å². The number of ether oxygens (including phenoxy) is 2. The Morgan fingerprint density at radius 2 is 1.69 bits per heavy atom. The van der Waals surface area contributed by atoms with Gasteiger partial charge < -0.3 is 19.5 Å². The molecule has 2 saturated heterocycles. The van der Waals surface area contributed by atoms with E-state index in [2.05, 4.69) is 36.4 Å². The molecule has 2 aliphatic heterocycles. The highest BCUT2D eigenvalue weighted by Gasteiger charge is 2.48. The van der Waals surface area contributed by atoms with Crippen molar-refractivity contribution >= 4 is 6.09 Å². The molecule has 5 nitrogen and oxygen atoms in total. The minimum atomic E-state index is -0.270. The monoisotopic (exact) mass is 393 g/mol. The van der Waals surface area contributed by atoms with Crippen LogP contribution in [-0.4, -0.2) is 55.6 Å². The molecule has 1 N–H and O–H groups in total. The zero-order valence-electron chi connectivity index (χ0n) is 16.5. The van der Waals surface area contributed by atoms with Crippen LogP contribution in [0, 0.1) is 11.3 Å². The van der Waals surface area contributed by atoms with Crippen molar-refractivity contribution in [2.24, 2.45) is 11.3 Å². The average Bonchev–Trinajstić information content (AvgIpc) is 3.28. The highest BCUT2D eigenvalue weighted by Crippen LogP contribution is 2.46. The molecule has 1 aliphatic carbocycles. The smallest absolute Gasteiger partial charge is 0.409 e. The Balaban J connectivity index is 1.30. The number of carbonyl (C=O) groups is 1. The van der Waals surface area contributed by atoms with Crippen LogP contribution in [-0.2, 0) is 9.47 Å². The molecule has 0 saturated carbocycles. The summed E-state index contributed by atoms with van der Waals surface area (Å²) in [5.41, 5.74) is 4.87. The molecule has 2 fully saturated rings. The van der Waals surface area contributed by atoms with Crippen LogP contribution >= 0.6 is 0 Å². The van der Waals surface area contributed by atoms with Crippen LogP contribution in [0.4, 0.5) is 4.79 Å². The van der Waals surface area contributed by atoms with E-state index < -0.39 is 0 Å². The normalized spacial score (nSPS) is 22.5. The summed E-state index contributed by atoms with van der Waals surface area (Å²) < 4.78 is 11.3. The molecule has 0 bridgehead atoms. The third-order valence-corrected chi connectivity index (χ3v) is 7.12. The number of aliphatic hydroxyl groups excluding tert-OH is 1. The summed E-state index contributed by atoms with van der Waals surface area (Å²) in [6.45, 7) is 3.06. The molecule has 1 atom stereocenters. The zero-order valence-corrected chi connectivity index (χ0v) is 16.5. The van der Waals surface area contributed by atoms with E-state index in [4.69, 9.17) is 9.47 Å². The number of rotatable bonds is 3. The molecule has 152 valence electrons. The first kappa shape index (κ1) is 18.6. The Bertz CT molecular complexity index is 860. The van der Waals surface area contributed by atoms with Gasteiger partial charge in [0.1, 0.15) is 6.61 Å². The van der Waals surface area contributed by atoms with Crippen molar-refractivity contribution in [1.29, 1.82) is 0 Å². The largest absolute Gasteiger partial charge is 0.448 e. The van der Waals surface area contributed by atoms with Gasteiger partial charge in [0.15, 0.2) is 0 Å². The van der Waals surface area contributed by atoms with E-state index in [9.17, 15) is 9.90 Å². The van der Waals surface area contributed by atoms with Crippen LogP contribution in [0.5, 0.6) is 0 Å². The van der Waals surface area contributed by atoms with Gasteiger partial charge in [0.25, 0.3) is 0 Å². The van der Waals surface area contributed by atoms with Gasteiger partial charge in [-0.25, -0.2) is 4.79 Å². The molecule has 1 amide bonds. The van der Waals surface area contributed by atoms with Gasteiger partial charge in [-0.2, -0.15) is 0 Å². The first-order chi connectivity index (χ1) is 14.2. The molecule has 1 spiro atoms. The SMILES string of the molecule is O=C(OCC1c2ccccc2-c2ccccc21)N1CC(CO)C2(CCOCC2)C1. The molecule has 2 aromatic carbocycles. The molecule has 29 heavy (non-hydrogen) atoms. The van der Waals surface area contributed by atoms with E-state index in [1.54, 1.807) is 4.90 Å². The molecular formula is C24H27NO4. The van der Waals surface area contributed by atoms with Gasteiger partial charge in [-0.1, -0.05) is 48.5 Å². The van der Waals surface area contributed by atoms with Gasteiger partial charge in [-0.15, -0.1) is 0 Å². The topological polar surface area (TPSA) is 59.0 Å². The van der Waals surface area contributed by atoms with Gasteiger partial charge in [0.05, 0.1) is 0 Å². The maximum absolute atomic E-state index is 12.9. The van der Waals surface area contributed by atoms with E-state index >= 15 is 0 Å². The summed E-state index contributed by atoms with van der Waals surface area (Å²) in [6.07, 6.45) is 1.52. The second-order valence-corrected chi connectivity index (χ2v) is 8.54. The minimum absolute atomic E-state index is 0.0292. The maximum atomic E-state index is 12.9. The van der Waals surface area contributed by atoms with Crippen molar-refractivity contribution in [3.05, 3.63) is 59.7 Å². The van der Waals surface area contributed by atoms with Gasteiger partial charge >= 0.3 is 6.09 Å². The number of amides is 1. The Morgan fingerprint density at radius 1 is 1.07 bits per heavy atom. The van der Waals surface area contributed by atoms with E-state index in [1.165, 1.54) is 22.3 Å². The molecule has 5 rings (SSSR count). The predicted molar refractivity (Wildman–Crippen MR) is 110 cm³/mol. The summed E-state index contributed by atoms with van der Waals surface area (Å²) >= 11 is 0. The minimum Gasteiger partial charge on any atom is -0.448 e. The number of fused-ring (bicyclic) bond motifs is 3. The molecular weight excluding hydrogens is 366 g/mol. The Hall–Kier alpha value is -2.37. The second kappa shape index (κ2) is 7.47. The van der Waals surface area contributed by atoms with Crippen LogP contribution in [0.2, 0.25) is 0 Å². The lowest BCUT2D eigenvalue weighted by molar-refractivity contribution is -0.0118. The highest BCUT2D eigenvalue weighted by molar-refractivity contribution is 5.79. The number of aliphatic hydroxyl groups is 1. The van der Waals surface area contributed by atoms with Gasteiger partial charge in [0.2, 0.25) is 0 Å². The van der Waals surface area contributed by atoms with Crippen molar-refractivity contribution in [1.82, 2.24) is 4.90 Å². The predicted octanol–water partition coefficient (Wildman–Crippen LogP) is 3.66. The summed E-state index contributed by atoms with van der Waals surface area (Å²) in [6, 6.07) is 16.7. The molecule has 0 radical (unpaired) electrons. The average molecular weight is 393 g/mol. The van der Waals surface area contributed by atoms with Crippen LogP contribution in [0.3, 0.4) is 0 Å². The van der Waals surface area contributed by atoms with Gasteiger partial charge in [-0.3, -0.25) is 0 Å². The number of carbonyl (C=O) groups excluding carboxylic acids is 1. The number of hydrogen-bond acceptors (Lipinski definition) is 4. The Labute approximate surface area is 171 Å². The fourth-order valence-corrected chi connectivity index (χ4v) is 5.45. The fourth-order valence-electron chi connectivity index (χ4n) is 5.45. The fraction of sp³-hybridized carbons (Fsp3) is 0.458. The van der Waals surface area contributed by atoms with Crippen molar-refractivity contribution in [2.75, 3.05) is 39.5 Å². The van der Waals surface area contributed by atoms with Crippen molar-refractivity contribution in [3.8, 4) is 11.1 Å². The van der Waals surface area contributed by atoms with E-state index in [-0.39, 0.29) is 30.0 Å². The van der Waals surface area contributed by atoms with Crippen molar-refractivity contribution in [2.45, 2.75) is 18.8 Å². The lowest BCUT2D eigenvalue weighted by Gasteiger charge is -2.37. The summed E-state index contributed by atoms with van der Waals surface area (Å²) in [5, 5.41) is 9.88. The first-order valence-corrected chi connectivity index (χ1v) is 10.5. The summed E-state index contributed by atoms with van der Waals surface area (Å²) in [5.74, 6) is 0.173. The van der Waals surface area contributed by atoms with Crippen LogP contribution in [0.15, 0.2) is 48.5 Å². The third kappa shape index (κ3) is 3.13. The van der Waals surface area contributed by atoms with Crippen molar-refractivity contribution < 1.29 is 19.4 Å². The quantitative estimate of drug-likeness (QED) is 0.865. The lowest BCUT2D eigenvalue weighted by Crippen LogP contribution is -2.39. The number of benzene rings is 2. The molecule has 3 aliphatic rings. The van der Waals surface area contributed by atoms with E-state index in [1.807, 2.05) is 12.1 Å². The standard InChI is InChI=1S/C24H27NO4/c26-14-17-13-25(16-24(17)9-11-28-12-10-24)23(27)29-15-22-20-7-3-1-5-18(20)19-6-2-4-8-21(19)22/h1-8,17,22,26H,9-16H2. The van der Waals surface area contributed by atoms with Crippen molar-refractivity contribution in [3.63, 3.8) is 0 Å². The lowest BCUT2D eigenvalue weighted by atomic mass is 9.72. The first-order valence-electron chi connectivity index (χ1n) is 10.5. The number of likely N-dealkylation sites (tertiary alicyclic amines) is 1. The van der Waals surface area contributed by atoms with Gasteiger partial charge in [-0.05, 0) is 40.5 Å². The maximum Gasteiger partial charge on any atom is 0.409 e. The summed E-state index contributed by atoms with van der Waals surface area (Å²) in [4.78, 5) is 14.7. The number of hydrogen-bond donors (Lipinski definition) is 1. The number of nitrogens with zero attached hydrogens (tertiary/aromatic N) is 1. The molecule has 2 heterocycles. The zero-order chi connectivity index (χ0) is 19.8. The van der Waals surface area contributed by atoms with E-state index in [0.29, 0.717) is 32.9 Å². The van der Waals surface area contributed by atoms with Crippen LogP contribution in [0.25, 0.3) is 11.1 Å². The molecule has 1 unspecified atom stereocenters. The van der Waals surface area contributed by atoms with Crippen LogP contribution in [0.1, 0.15) is 29.9 Å². The molecule has 0 aromatic heterocycles. The summed E-state index contributed by atoms with van der Waals surface area (Å²) in [7, 11) is 0. The molecule has 2 aromatic rings. The third-order valence-electron chi connectivity index (χ3n) is 7.12. The second-order valence-electron chi connectivity index (χ2n) is 8.54. The van der Waals surface area contributed by atoms with Crippen LogP contribution < -0.4 is 0 Å². The van der Waals surface area contributed by atoms with E-state index in [0.717, 1.165) is 12.8 Å².